The van der Waals surface area contributed by atoms with E-state index in [4.69, 9.17) is 0 Å². The molecule has 0 aliphatic carbocycles. The van der Waals surface area contributed by atoms with Gasteiger partial charge >= 0.3 is 0 Å². The zero-order chi connectivity index (χ0) is 13.1. The highest BCUT2D eigenvalue weighted by Crippen LogP contribution is 2.21. The Balaban J connectivity index is 2.07. The smallest absolute Gasteiger partial charge is 0.241 e. The predicted molar refractivity (Wildman–Crippen MR) is 75.2 cm³/mol. The molecule has 1 amide bonds. The number of hydrogen-bond acceptors (Lipinski definition) is 3. The molecule has 18 heavy (non-hydrogen) atoms. The van der Waals surface area contributed by atoms with Crippen molar-refractivity contribution in [3.8, 4) is 0 Å². The molecule has 1 saturated heterocycles. The number of anilines is 2. The lowest BCUT2D eigenvalue weighted by Crippen LogP contribution is -2.35. The summed E-state index contributed by atoms with van der Waals surface area (Å²) < 4.78 is 0. The molecule has 98 valence electrons. The van der Waals surface area contributed by atoms with Gasteiger partial charge in [-0.05, 0) is 50.1 Å². The van der Waals surface area contributed by atoms with Crippen molar-refractivity contribution in [3.05, 3.63) is 23.8 Å². The number of nitrogens with one attached hydrogen (secondary N) is 2. The van der Waals surface area contributed by atoms with Crippen molar-refractivity contribution in [2.75, 3.05) is 30.9 Å². The molecular weight excluding hydrogens is 226 g/mol. The highest BCUT2D eigenvalue weighted by molar-refractivity contribution is 5.95. The minimum Gasteiger partial charge on any atom is -0.378 e. The molecule has 1 heterocycles. The van der Waals surface area contributed by atoms with Gasteiger partial charge in [0.2, 0.25) is 5.91 Å². The Morgan fingerprint density at radius 1 is 1.44 bits per heavy atom. The van der Waals surface area contributed by atoms with Gasteiger partial charge in [0.05, 0.1) is 6.04 Å². The third kappa shape index (κ3) is 2.82. The number of rotatable bonds is 3. The molecule has 1 aromatic carbocycles. The van der Waals surface area contributed by atoms with Gasteiger partial charge in [0.1, 0.15) is 0 Å². The van der Waals surface area contributed by atoms with Gasteiger partial charge in [0.25, 0.3) is 0 Å². The van der Waals surface area contributed by atoms with E-state index in [0.29, 0.717) is 0 Å². The SMILES string of the molecule is Cc1cc(N(C)C)ccc1NC(=O)C1CCCN1. The molecule has 1 atom stereocenters. The lowest BCUT2D eigenvalue weighted by Gasteiger charge is -2.17. The van der Waals surface area contributed by atoms with Crippen LogP contribution in [0.25, 0.3) is 0 Å². The lowest BCUT2D eigenvalue weighted by molar-refractivity contribution is -0.117. The molecule has 4 nitrogen and oxygen atoms in total. The van der Waals surface area contributed by atoms with E-state index in [2.05, 4.69) is 21.6 Å². The van der Waals surface area contributed by atoms with Crippen LogP contribution in [-0.2, 0) is 4.79 Å². The van der Waals surface area contributed by atoms with Crippen molar-refractivity contribution in [2.45, 2.75) is 25.8 Å². The molecule has 1 aliphatic heterocycles. The lowest BCUT2D eigenvalue weighted by atomic mass is 10.1. The van der Waals surface area contributed by atoms with Crippen LogP contribution < -0.4 is 15.5 Å². The van der Waals surface area contributed by atoms with Gasteiger partial charge in [0.15, 0.2) is 0 Å². The molecule has 1 fully saturated rings. The fraction of sp³-hybridized carbons (Fsp3) is 0.500. The standard InChI is InChI=1S/C14H21N3O/c1-10-9-11(17(2)3)6-7-12(10)16-14(18)13-5-4-8-15-13/h6-7,9,13,15H,4-5,8H2,1-3H3,(H,16,18). The van der Waals surface area contributed by atoms with Gasteiger partial charge in [-0.1, -0.05) is 0 Å². The molecular formula is C14H21N3O. The summed E-state index contributed by atoms with van der Waals surface area (Å²) in [6.07, 6.45) is 2.01. The largest absolute Gasteiger partial charge is 0.378 e. The number of amides is 1. The Hall–Kier alpha value is -1.55. The number of nitrogens with zero attached hydrogens (tertiary/aromatic N) is 1. The first-order valence-corrected chi connectivity index (χ1v) is 6.40. The number of hydrogen-bond donors (Lipinski definition) is 2. The van der Waals surface area contributed by atoms with Crippen LogP contribution in [0.4, 0.5) is 11.4 Å². The predicted octanol–water partition coefficient (Wildman–Crippen LogP) is 1.75. The fourth-order valence-corrected chi connectivity index (χ4v) is 2.19. The molecule has 0 bridgehead atoms. The van der Waals surface area contributed by atoms with Crippen molar-refractivity contribution >= 4 is 17.3 Å². The van der Waals surface area contributed by atoms with E-state index in [9.17, 15) is 4.79 Å². The number of carbonyl (C=O) groups is 1. The van der Waals surface area contributed by atoms with Crippen molar-refractivity contribution in [3.63, 3.8) is 0 Å². The summed E-state index contributed by atoms with van der Waals surface area (Å²) >= 11 is 0. The average Bonchev–Trinajstić information content (AvgIpc) is 2.85. The second-order valence-corrected chi connectivity index (χ2v) is 5.03. The first kappa shape index (κ1) is 12.9. The summed E-state index contributed by atoms with van der Waals surface area (Å²) in [5.74, 6) is 0.0770. The topological polar surface area (TPSA) is 44.4 Å². The summed E-state index contributed by atoms with van der Waals surface area (Å²) in [6.45, 7) is 2.96. The van der Waals surface area contributed by atoms with Crippen LogP contribution in [0.1, 0.15) is 18.4 Å². The van der Waals surface area contributed by atoms with Crippen molar-refractivity contribution < 1.29 is 4.79 Å². The summed E-state index contributed by atoms with van der Waals surface area (Å²) in [4.78, 5) is 14.1. The van der Waals surface area contributed by atoms with E-state index in [0.717, 1.165) is 36.3 Å². The average molecular weight is 247 g/mol. The first-order valence-electron chi connectivity index (χ1n) is 6.40. The third-order valence-corrected chi connectivity index (χ3v) is 3.36. The van der Waals surface area contributed by atoms with E-state index in [1.54, 1.807) is 0 Å². The van der Waals surface area contributed by atoms with Gasteiger partial charge in [-0.3, -0.25) is 4.79 Å². The quantitative estimate of drug-likeness (QED) is 0.855. The van der Waals surface area contributed by atoms with E-state index < -0.39 is 0 Å². The Kier molecular flexibility index (Phi) is 3.87. The van der Waals surface area contributed by atoms with Crippen LogP contribution in [0, 0.1) is 6.92 Å². The normalized spacial score (nSPS) is 18.7. The molecule has 2 rings (SSSR count). The van der Waals surface area contributed by atoms with Gasteiger partial charge < -0.3 is 15.5 Å². The van der Waals surface area contributed by atoms with Crippen LogP contribution in [0.3, 0.4) is 0 Å². The van der Waals surface area contributed by atoms with Crippen molar-refractivity contribution in [2.24, 2.45) is 0 Å². The maximum atomic E-state index is 12.0. The van der Waals surface area contributed by atoms with E-state index in [1.165, 1.54) is 0 Å². The molecule has 0 radical (unpaired) electrons. The number of benzene rings is 1. The van der Waals surface area contributed by atoms with Gasteiger partial charge in [-0.25, -0.2) is 0 Å². The van der Waals surface area contributed by atoms with Gasteiger partial charge in [-0.2, -0.15) is 0 Å². The molecule has 1 aliphatic rings. The summed E-state index contributed by atoms with van der Waals surface area (Å²) in [7, 11) is 4.02. The van der Waals surface area contributed by atoms with Gasteiger partial charge in [0, 0.05) is 25.5 Å². The highest BCUT2D eigenvalue weighted by atomic mass is 16.2. The minimum atomic E-state index is -0.0297. The second kappa shape index (κ2) is 5.40. The van der Waals surface area contributed by atoms with Crippen LogP contribution in [0.2, 0.25) is 0 Å². The maximum absolute atomic E-state index is 12.0. The zero-order valence-corrected chi connectivity index (χ0v) is 11.3. The summed E-state index contributed by atoms with van der Waals surface area (Å²) in [5, 5.41) is 6.20. The Labute approximate surface area is 108 Å². The third-order valence-electron chi connectivity index (χ3n) is 3.36. The van der Waals surface area contributed by atoms with Gasteiger partial charge in [-0.15, -0.1) is 0 Å². The second-order valence-electron chi connectivity index (χ2n) is 5.03. The molecule has 4 heteroatoms. The minimum absolute atomic E-state index is 0.0297. The van der Waals surface area contributed by atoms with E-state index >= 15 is 0 Å². The van der Waals surface area contributed by atoms with Crippen LogP contribution in [-0.4, -0.2) is 32.6 Å². The summed E-state index contributed by atoms with van der Waals surface area (Å²) in [5.41, 5.74) is 3.14. The van der Waals surface area contributed by atoms with Crippen LogP contribution in [0.5, 0.6) is 0 Å². The molecule has 0 aromatic heterocycles. The van der Waals surface area contributed by atoms with E-state index in [1.807, 2.05) is 33.2 Å². The molecule has 1 aromatic rings. The van der Waals surface area contributed by atoms with E-state index in [-0.39, 0.29) is 11.9 Å². The Bertz CT molecular complexity index is 437. The molecule has 1 unspecified atom stereocenters. The Morgan fingerprint density at radius 2 is 2.22 bits per heavy atom. The zero-order valence-electron chi connectivity index (χ0n) is 11.3. The van der Waals surface area contributed by atoms with Crippen LogP contribution >= 0.6 is 0 Å². The molecule has 2 N–H and O–H groups in total. The Morgan fingerprint density at radius 3 is 2.78 bits per heavy atom. The first-order chi connectivity index (χ1) is 8.58. The van der Waals surface area contributed by atoms with Crippen molar-refractivity contribution in [1.29, 1.82) is 0 Å². The van der Waals surface area contributed by atoms with Crippen LogP contribution in [0.15, 0.2) is 18.2 Å². The summed E-state index contributed by atoms with van der Waals surface area (Å²) in [6, 6.07) is 6.04. The molecule has 0 spiro atoms. The number of carbonyl (C=O) groups excluding carboxylic acids is 1. The highest BCUT2D eigenvalue weighted by Gasteiger charge is 2.22. The monoisotopic (exact) mass is 247 g/mol. The number of aryl methyl sites for hydroxylation is 1. The van der Waals surface area contributed by atoms with Crippen molar-refractivity contribution in [1.82, 2.24) is 5.32 Å². The maximum Gasteiger partial charge on any atom is 0.241 e. The fourth-order valence-electron chi connectivity index (χ4n) is 2.19. The molecule has 0 saturated carbocycles.